The van der Waals surface area contributed by atoms with Crippen LogP contribution in [0.25, 0.3) is 0 Å². The fraction of sp³-hybridized carbons (Fsp3) is 0.500. The summed E-state index contributed by atoms with van der Waals surface area (Å²) >= 11 is 0. The SMILES string of the molecule is CCNC(=NCCN1C(=O)CNC1=O)NC(C)c1ccc(CC)cc1.I. The molecule has 1 aliphatic rings. The second-order valence-electron chi connectivity index (χ2n) is 5.93. The lowest BCUT2D eigenvalue weighted by Gasteiger charge is -2.19. The molecule has 2 rings (SSSR count). The lowest BCUT2D eigenvalue weighted by atomic mass is 10.1. The molecule has 7 nitrogen and oxygen atoms in total. The third-order valence-electron chi connectivity index (χ3n) is 4.12. The van der Waals surface area contributed by atoms with Gasteiger partial charge in [-0.15, -0.1) is 24.0 Å². The van der Waals surface area contributed by atoms with Gasteiger partial charge in [-0.05, 0) is 31.4 Å². The van der Waals surface area contributed by atoms with Crippen LogP contribution in [0.2, 0.25) is 0 Å². The number of urea groups is 1. The van der Waals surface area contributed by atoms with Crippen molar-refractivity contribution in [2.45, 2.75) is 33.2 Å². The van der Waals surface area contributed by atoms with Gasteiger partial charge < -0.3 is 16.0 Å². The minimum absolute atomic E-state index is 0. The number of nitrogens with zero attached hydrogens (tertiary/aromatic N) is 2. The van der Waals surface area contributed by atoms with Crippen LogP contribution < -0.4 is 16.0 Å². The molecule has 1 heterocycles. The summed E-state index contributed by atoms with van der Waals surface area (Å²) in [6.45, 7) is 7.65. The molecule has 8 heteroatoms. The van der Waals surface area contributed by atoms with Gasteiger partial charge in [0.05, 0.1) is 25.7 Å². The first kappa shape index (κ1) is 22.2. The summed E-state index contributed by atoms with van der Waals surface area (Å²) < 4.78 is 0. The highest BCUT2D eigenvalue weighted by molar-refractivity contribution is 14.0. The molecule has 1 aliphatic heterocycles. The van der Waals surface area contributed by atoms with Crippen molar-refractivity contribution in [3.8, 4) is 0 Å². The average Bonchev–Trinajstić information content (AvgIpc) is 2.93. The summed E-state index contributed by atoms with van der Waals surface area (Å²) in [6, 6.07) is 8.26. The van der Waals surface area contributed by atoms with Crippen molar-refractivity contribution >= 4 is 41.9 Å². The Morgan fingerprint density at radius 2 is 1.96 bits per heavy atom. The summed E-state index contributed by atoms with van der Waals surface area (Å²) in [5.41, 5.74) is 2.49. The summed E-state index contributed by atoms with van der Waals surface area (Å²) in [5, 5.41) is 9.05. The molecule has 0 saturated carbocycles. The summed E-state index contributed by atoms with van der Waals surface area (Å²) in [6.07, 6.45) is 1.02. The van der Waals surface area contributed by atoms with E-state index in [-0.39, 0.29) is 55.0 Å². The maximum atomic E-state index is 11.6. The number of carbonyl (C=O) groups is 2. The molecule has 1 unspecified atom stereocenters. The van der Waals surface area contributed by atoms with Crippen molar-refractivity contribution in [2.24, 2.45) is 4.99 Å². The molecule has 0 spiro atoms. The maximum absolute atomic E-state index is 11.6. The molecule has 1 atom stereocenters. The fourth-order valence-corrected chi connectivity index (χ4v) is 2.59. The van der Waals surface area contributed by atoms with Gasteiger partial charge in [-0.2, -0.15) is 0 Å². The highest BCUT2D eigenvalue weighted by atomic mass is 127. The number of amides is 3. The Balaban J connectivity index is 0.00000338. The normalized spacial score (nSPS) is 15.3. The number of guanidine groups is 1. The molecule has 1 fully saturated rings. The van der Waals surface area contributed by atoms with Gasteiger partial charge in [0.2, 0.25) is 5.91 Å². The lowest BCUT2D eigenvalue weighted by Crippen LogP contribution is -2.40. The number of hydrogen-bond donors (Lipinski definition) is 3. The molecule has 0 radical (unpaired) electrons. The standard InChI is InChI=1S/C18H27N5O2.HI/c1-4-14-6-8-15(9-7-14)13(3)22-17(19-5-2)20-10-11-23-16(24)12-21-18(23)25;/h6-9,13H,4-5,10-12H2,1-3H3,(H,21,25)(H2,19,20,22);1H. The van der Waals surface area contributed by atoms with E-state index in [4.69, 9.17) is 0 Å². The summed E-state index contributed by atoms with van der Waals surface area (Å²) in [5.74, 6) is 0.462. The van der Waals surface area contributed by atoms with E-state index in [1.807, 2.05) is 6.92 Å². The Morgan fingerprint density at radius 1 is 1.27 bits per heavy atom. The zero-order valence-electron chi connectivity index (χ0n) is 15.5. The first-order chi connectivity index (χ1) is 12.0. The zero-order chi connectivity index (χ0) is 18.2. The molecule has 144 valence electrons. The van der Waals surface area contributed by atoms with E-state index in [0.717, 1.165) is 13.0 Å². The van der Waals surface area contributed by atoms with Gasteiger partial charge in [0.1, 0.15) is 0 Å². The van der Waals surface area contributed by atoms with Crippen LogP contribution in [0.3, 0.4) is 0 Å². The van der Waals surface area contributed by atoms with Crippen molar-refractivity contribution in [1.82, 2.24) is 20.9 Å². The molecule has 3 amide bonds. The van der Waals surface area contributed by atoms with Crippen molar-refractivity contribution in [3.05, 3.63) is 35.4 Å². The molecule has 3 N–H and O–H groups in total. The van der Waals surface area contributed by atoms with E-state index in [2.05, 4.69) is 59.1 Å². The second kappa shape index (κ2) is 11.0. The van der Waals surface area contributed by atoms with Crippen molar-refractivity contribution in [1.29, 1.82) is 0 Å². The minimum Gasteiger partial charge on any atom is -0.357 e. The zero-order valence-corrected chi connectivity index (χ0v) is 17.9. The van der Waals surface area contributed by atoms with Crippen molar-refractivity contribution in [3.63, 3.8) is 0 Å². The number of imide groups is 1. The second-order valence-corrected chi connectivity index (χ2v) is 5.93. The van der Waals surface area contributed by atoms with Gasteiger partial charge in [-0.3, -0.25) is 14.7 Å². The maximum Gasteiger partial charge on any atom is 0.324 e. The first-order valence-electron chi connectivity index (χ1n) is 8.77. The Labute approximate surface area is 172 Å². The Morgan fingerprint density at radius 3 is 2.50 bits per heavy atom. The summed E-state index contributed by atoms with van der Waals surface area (Å²) in [7, 11) is 0. The molecule has 0 aromatic heterocycles. The molecule has 1 saturated heterocycles. The molecular weight excluding hydrogens is 445 g/mol. The number of carbonyl (C=O) groups excluding carboxylic acids is 2. The number of aliphatic imine (C=N–C) groups is 1. The highest BCUT2D eigenvalue weighted by Crippen LogP contribution is 2.13. The van der Waals surface area contributed by atoms with Gasteiger partial charge in [0.25, 0.3) is 0 Å². The van der Waals surface area contributed by atoms with Crippen LogP contribution in [0.5, 0.6) is 0 Å². The molecule has 1 aromatic carbocycles. The Bertz CT molecular complexity index is 617. The van der Waals surface area contributed by atoms with Gasteiger partial charge in [0, 0.05) is 6.54 Å². The largest absolute Gasteiger partial charge is 0.357 e. The van der Waals surface area contributed by atoms with E-state index in [1.165, 1.54) is 16.0 Å². The van der Waals surface area contributed by atoms with E-state index in [0.29, 0.717) is 12.5 Å². The number of benzene rings is 1. The monoisotopic (exact) mass is 473 g/mol. The topological polar surface area (TPSA) is 85.8 Å². The first-order valence-corrected chi connectivity index (χ1v) is 8.77. The third-order valence-corrected chi connectivity index (χ3v) is 4.12. The Kier molecular flexibility index (Phi) is 9.39. The van der Waals surface area contributed by atoms with Crippen LogP contribution in [0.1, 0.15) is 37.9 Å². The predicted octanol–water partition coefficient (Wildman–Crippen LogP) is 2.03. The quantitative estimate of drug-likeness (QED) is 0.245. The number of rotatable bonds is 7. The molecule has 1 aromatic rings. The van der Waals surface area contributed by atoms with Gasteiger partial charge in [-0.1, -0.05) is 31.2 Å². The molecular formula is C18H28IN5O2. The van der Waals surface area contributed by atoms with E-state index >= 15 is 0 Å². The minimum atomic E-state index is -0.345. The number of nitrogens with one attached hydrogen (secondary N) is 3. The fourth-order valence-electron chi connectivity index (χ4n) is 2.59. The molecule has 26 heavy (non-hydrogen) atoms. The smallest absolute Gasteiger partial charge is 0.324 e. The van der Waals surface area contributed by atoms with Crippen LogP contribution in [0, 0.1) is 0 Å². The molecule has 0 bridgehead atoms. The van der Waals surface area contributed by atoms with E-state index in [9.17, 15) is 9.59 Å². The number of halogens is 1. The molecule has 0 aliphatic carbocycles. The van der Waals surface area contributed by atoms with Crippen LogP contribution in [-0.2, 0) is 11.2 Å². The van der Waals surface area contributed by atoms with Crippen LogP contribution >= 0.6 is 24.0 Å². The number of aryl methyl sites for hydroxylation is 1. The third kappa shape index (κ3) is 6.15. The van der Waals surface area contributed by atoms with Gasteiger partial charge >= 0.3 is 6.03 Å². The highest BCUT2D eigenvalue weighted by Gasteiger charge is 2.27. The number of hydrogen-bond acceptors (Lipinski definition) is 3. The lowest BCUT2D eigenvalue weighted by molar-refractivity contribution is -0.124. The average molecular weight is 473 g/mol. The van der Waals surface area contributed by atoms with Crippen LogP contribution in [0.15, 0.2) is 29.3 Å². The van der Waals surface area contributed by atoms with Gasteiger partial charge in [0.15, 0.2) is 5.96 Å². The van der Waals surface area contributed by atoms with Gasteiger partial charge in [-0.25, -0.2) is 4.79 Å². The van der Waals surface area contributed by atoms with Crippen LogP contribution in [0.4, 0.5) is 4.79 Å². The van der Waals surface area contributed by atoms with E-state index < -0.39 is 0 Å². The predicted molar refractivity (Wildman–Crippen MR) is 114 cm³/mol. The van der Waals surface area contributed by atoms with Crippen LogP contribution in [-0.4, -0.2) is 49.0 Å². The van der Waals surface area contributed by atoms with Crippen molar-refractivity contribution in [2.75, 3.05) is 26.2 Å². The van der Waals surface area contributed by atoms with Crippen molar-refractivity contribution < 1.29 is 9.59 Å². The summed E-state index contributed by atoms with van der Waals surface area (Å²) in [4.78, 5) is 28.7. The van der Waals surface area contributed by atoms with E-state index in [1.54, 1.807) is 0 Å². The Hall–Kier alpha value is -1.84.